The van der Waals surface area contributed by atoms with Crippen LogP contribution in [0.3, 0.4) is 0 Å². The SMILES string of the molecule is CC1CCC(CNc2ccccc2C#N)C1. The van der Waals surface area contributed by atoms with Crippen LogP contribution in [0.4, 0.5) is 5.69 Å². The topological polar surface area (TPSA) is 35.8 Å². The summed E-state index contributed by atoms with van der Waals surface area (Å²) in [6.07, 6.45) is 4.00. The fourth-order valence-electron chi connectivity index (χ4n) is 2.50. The maximum absolute atomic E-state index is 8.96. The quantitative estimate of drug-likeness (QED) is 0.837. The lowest BCUT2D eigenvalue weighted by atomic mass is 10.1. The molecule has 1 aromatic rings. The van der Waals surface area contributed by atoms with Gasteiger partial charge in [-0.25, -0.2) is 0 Å². The zero-order chi connectivity index (χ0) is 11.4. The zero-order valence-electron chi connectivity index (χ0n) is 9.74. The van der Waals surface area contributed by atoms with Crippen molar-refractivity contribution in [2.75, 3.05) is 11.9 Å². The molecule has 1 N–H and O–H groups in total. The molecule has 1 aliphatic carbocycles. The molecule has 1 aliphatic rings. The Labute approximate surface area is 97.3 Å². The van der Waals surface area contributed by atoms with Crippen LogP contribution in [-0.4, -0.2) is 6.54 Å². The van der Waals surface area contributed by atoms with Gasteiger partial charge in [-0.2, -0.15) is 5.26 Å². The monoisotopic (exact) mass is 214 g/mol. The van der Waals surface area contributed by atoms with Gasteiger partial charge >= 0.3 is 0 Å². The summed E-state index contributed by atoms with van der Waals surface area (Å²) < 4.78 is 0. The summed E-state index contributed by atoms with van der Waals surface area (Å²) in [4.78, 5) is 0. The summed E-state index contributed by atoms with van der Waals surface area (Å²) >= 11 is 0. The summed E-state index contributed by atoms with van der Waals surface area (Å²) in [5.41, 5.74) is 1.72. The third-order valence-electron chi connectivity index (χ3n) is 3.43. The highest BCUT2D eigenvalue weighted by Gasteiger charge is 2.20. The first-order valence-electron chi connectivity index (χ1n) is 6.02. The van der Waals surface area contributed by atoms with Gasteiger partial charge in [0, 0.05) is 6.54 Å². The van der Waals surface area contributed by atoms with Crippen LogP contribution >= 0.6 is 0 Å². The average Bonchev–Trinajstić information content (AvgIpc) is 2.73. The number of hydrogen-bond acceptors (Lipinski definition) is 2. The number of benzene rings is 1. The molecule has 1 aromatic carbocycles. The van der Waals surface area contributed by atoms with Crippen molar-refractivity contribution in [3.8, 4) is 6.07 Å². The van der Waals surface area contributed by atoms with Gasteiger partial charge in [-0.1, -0.05) is 25.5 Å². The summed E-state index contributed by atoms with van der Waals surface area (Å²) in [7, 11) is 0. The van der Waals surface area contributed by atoms with Crippen molar-refractivity contribution < 1.29 is 0 Å². The van der Waals surface area contributed by atoms with Crippen LogP contribution in [0.25, 0.3) is 0 Å². The number of hydrogen-bond donors (Lipinski definition) is 1. The van der Waals surface area contributed by atoms with Crippen molar-refractivity contribution in [3.05, 3.63) is 29.8 Å². The Balaban J connectivity index is 1.92. The number of nitrogens with one attached hydrogen (secondary N) is 1. The Kier molecular flexibility index (Phi) is 3.46. The number of nitriles is 1. The Morgan fingerprint density at radius 1 is 1.38 bits per heavy atom. The number of rotatable bonds is 3. The van der Waals surface area contributed by atoms with Crippen molar-refractivity contribution >= 4 is 5.69 Å². The second-order valence-corrected chi connectivity index (χ2v) is 4.82. The molecule has 2 nitrogen and oxygen atoms in total. The van der Waals surface area contributed by atoms with E-state index in [2.05, 4.69) is 18.3 Å². The van der Waals surface area contributed by atoms with Crippen LogP contribution in [-0.2, 0) is 0 Å². The normalized spacial score (nSPS) is 24.0. The first-order valence-corrected chi connectivity index (χ1v) is 6.02. The van der Waals surface area contributed by atoms with Crippen LogP contribution in [0.15, 0.2) is 24.3 Å². The van der Waals surface area contributed by atoms with Crippen LogP contribution in [0.2, 0.25) is 0 Å². The Bertz CT molecular complexity index is 392. The highest BCUT2D eigenvalue weighted by atomic mass is 14.9. The fraction of sp³-hybridized carbons (Fsp3) is 0.500. The molecule has 0 amide bonds. The van der Waals surface area contributed by atoms with E-state index in [1.165, 1.54) is 19.3 Å². The maximum atomic E-state index is 8.96. The minimum atomic E-state index is 0.744. The molecule has 1 fully saturated rings. The number of anilines is 1. The van der Waals surface area contributed by atoms with E-state index in [9.17, 15) is 0 Å². The van der Waals surface area contributed by atoms with E-state index in [0.29, 0.717) is 0 Å². The molecular weight excluding hydrogens is 196 g/mol. The van der Waals surface area contributed by atoms with Gasteiger partial charge in [-0.05, 0) is 36.8 Å². The van der Waals surface area contributed by atoms with E-state index >= 15 is 0 Å². The van der Waals surface area contributed by atoms with Crippen molar-refractivity contribution in [1.82, 2.24) is 0 Å². The van der Waals surface area contributed by atoms with Gasteiger partial charge in [-0.3, -0.25) is 0 Å². The van der Waals surface area contributed by atoms with E-state index in [1.807, 2.05) is 24.3 Å². The molecule has 1 saturated carbocycles. The molecule has 0 aliphatic heterocycles. The van der Waals surface area contributed by atoms with E-state index in [-0.39, 0.29) is 0 Å². The largest absolute Gasteiger partial charge is 0.384 e. The van der Waals surface area contributed by atoms with Gasteiger partial charge in [0.1, 0.15) is 6.07 Å². The highest BCUT2D eigenvalue weighted by molar-refractivity contribution is 5.57. The molecule has 84 valence electrons. The third-order valence-corrected chi connectivity index (χ3v) is 3.43. The Morgan fingerprint density at radius 2 is 2.19 bits per heavy atom. The fourth-order valence-corrected chi connectivity index (χ4v) is 2.50. The predicted octanol–water partition coefficient (Wildman–Crippen LogP) is 3.41. The lowest BCUT2D eigenvalue weighted by Gasteiger charge is -2.13. The van der Waals surface area contributed by atoms with Gasteiger partial charge in [-0.15, -0.1) is 0 Å². The van der Waals surface area contributed by atoms with Crippen LogP contribution in [0, 0.1) is 23.2 Å². The zero-order valence-corrected chi connectivity index (χ0v) is 9.74. The molecule has 0 bridgehead atoms. The average molecular weight is 214 g/mol. The van der Waals surface area contributed by atoms with Gasteiger partial charge in [0.25, 0.3) is 0 Å². The third kappa shape index (κ3) is 2.55. The first kappa shape index (κ1) is 11.0. The standard InChI is InChI=1S/C14H18N2/c1-11-6-7-12(8-11)10-16-14-5-3-2-4-13(14)9-15/h2-5,11-12,16H,6-8,10H2,1H3. The van der Waals surface area contributed by atoms with Crippen molar-refractivity contribution in [3.63, 3.8) is 0 Å². The number of nitrogens with zero attached hydrogens (tertiary/aromatic N) is 1. The summed E-state index contributed by atoms with van der Waals surface area (Å²) in [6, 6.07) is 9.94. The first-order chi connectivity index (χ1) is 7.79. The molecule has 2 atom stereocenters. The molecule has 0 saturated heterocycles. The van der Waals surface area contributed by atoms with Crippen LogP contribution in [0.5, 0.6) is 0 Å². The highest BCUT2D eigenvalue weighted by Crippen LogP contribution is 2.30. The molecule has 2 heteroatoms. The molecular formula is C14H18N2. The molecule has 2 rings (SSSR count). The second-order valence-electron chi connectivity index (χ2n) is 4.82. The van der Waals surface area contributed by atoms with Gasteiger partial charge < -0.3 is 5.32 Å². The molecule has 0 spiro atoms. The van der Waals surface area contributed by atoms with Gasteiger partial charge in [0.05, 0.1) is 11.3 Å². The van der Waals surface area contributed by atoms with Crippen LogP contribution in [0.1, 0.15) is 31.7 Å². The van der Waals surface area contributed by atoms with E-state index in [1.54, 1.807) is 0 Å². The van der Waals surface area contributed by atoms with Gasteiger partial charge in [0.15, 0.2) is 0 Å². The predicted molar refractivity (Wildman–Crippen MR) is 66.2 cm³/mol. The minimum absolute atomic E-state index is 0.744. The molecule has 2 unspecified atom stereocenters. The smallest absolute Gasteiger partial charge is 0.101 e. The van der Waals surface area contributed by atoms with Crippen molar-refractivity contribution in [2.24, 2.45) is 11.8 Å². The van der Waals surface area contributed by atoms with Crippen molar-refractivity contribution in [1.29, 1.82) is 5.26 Å². The lowest BCUT2D eigenvalue weighted by Crippen LogP contribution is -2.12. The summed E-state index contributed by atoms with van der Waals surface area (Å²) in [6.45, 7) is 3.33. The maximum Gasteiger partial charge on any atom is 0.101 e. The second kappa shape index (κ2) is 5.03. The Morgan fingerprint density at radius 3 is 2.88 bits per heavy atom. The summed E-state index contributed by atoms with van der Waals surface area (Å²) in [5, 5.41) is 12.4. The van der Waals surface area contributed by atoms with Crippen molar-refractivity contribution in [2.45, 2.75) is 26.2 Å². The molecule has 0 radical (unpaired) electrons. The Hall–Kier alpha value is -1.49. The van der Waals surface area contributed by atoms with E-state index < -0.39 is 0 Å². The summed E-state index contributed by atoms with van der Waals surface area (Å²) in [5.74, 6) is 1.65. The van der Waals surface area contributed by atoms with E-state index in [4.69, 9.17) is 5.26 Å². The molecule has 0 heterocycles. The van der Waals surface area contributed by atoms with Gasteiger partial charge in [0.2, 0.25) is 0 Å². The molecule has 0 aromatic heterocycles. The lowest BCUT2D eigenvalue weighted by molar-refractivity contribution is 0.537. The van der Waals surface area contributed by atoms with Crippen LogP contribution < -0.4 is 5.32 Å². The minimum Gasteiger partial charge on any atom is -0.384 e. The molecule has 16 heavy (non-hydrogen) atoms. The number of para-hydroxylation sites is 1. The van der Waals surface area contributed by atoms with E-state index in [0.717, 1.165) is 29.6 Å².